The Balaban J connectivity index is 2.27. The predicted molar refractivity (Wildman–Crippen MR) is 74.5 cm³/mol. The standard InChI is InChI=1S/C16H25N/c1-5-17-16(11(2)3)14-9-8-13-7-6-12(4)10-15(13)14/h6-7,10-11,14,16-17H,5,8-9H2,1-4H3. The molecule has 0 fully saturated rings. The molecule has 94 valence electrons. The van der Waals surface area contributed by atoms with E-state index in [2.05, 4.69) is 51.2 Å². The normalized spacial score (nSPS) is 20.6. The van der Waals surface area contributed by atoms with Gasteiger partial charge in [-0.3, -0.25) is 0 Å². The maximum Gasteiger partial charge on any atom is 0.0159 e. The van der Waals surface area contributed by atoms with Crippen molar-refractivity contribution in [3.63, 3.8) is 0 Å². The van der Waals surface area contributed by atoms with Crippen molar-refractivity contribution >= 4 is 0 Å². The Kier molecular flexibility index (Phi) is 3.88. The minimum atomic E-state index is 0.628. The highest BCUT2D eigenvalue weighted by molar-refractivity contribution is 5.39. The first-order valence-electron chi connectivity index (χ1n) is 6.96. The maximum atomic E-state index is 3.68. The van der Waals surface area contributed by atoms with Gasteiger partial charge in [0.25, 0.3) is 0 Å². The number of hydrogen-bond donors (Lipinski definition) is 1. The Morgan fingerprint density at radius 1 is 1.35 bits per heavy atom. The average Bonchev–Trinajstić information content (AvgIpc) is 2.68. The lowest BCUT2D eigenvalue weighted by Crippen LogP contribution is -2.38. The molecule has 1 heteroatoms. The van der Waals surface area contributed by atoms with Crippen molar-refractivity contribution in [2.75, 3.05) is 6.54 Å². The summed E-state index contributed by atoms with van der Waals surface area (Å²) in [4.78, 5) is 0. The molecule has 0 amide bonds. The summed E-state index contributed by atoms with van der Waals surface area (Å²) in [6, 6.07) is 7.61. The van der Waals surface area contributed by atoms with Crippen LogP contribution < -0.4 is 5.32 Å². The van der Waals surface area contributed by atoms with E-state index < -0.39 is 0 Å². The number of hydrogen-bond acceptors (Lipinski definition) is 1. The van der Waals surface area contributed by atoms with Crippen molar-refractivity contribution < 1.29 is 0 Å². The second-order valence-electron chi connectivity index (χ2n) is 5.67. The summed E-state index contributed by atoms with van der Waals surface area (Å²) < 4.78 is 0. The monoisotopic (exact) mass is 231 g/mol. The van der Waals surface area contributed by atoms with E-state index in [0.717, 1.165) is 6.54 Å². The van der Waals surface area contributed by atoms with Crippen LogP contribution in [0.5, 0.6) is 0 Å². The topological polar surface area (TPSA) is 12.0 Å². The number of benzene rings is 1. The van der Waals surface area contributed by atoms with Gasteiger partial charge in [0.1, 0.15) is 0 Å². The van der Waals surface area contributed by atoms with E-state index in [1.54, 1.807) is 11.1 Å². The third-order valence-electron chi connectivity index (χ3n) is 4.02. The van der Waals surface area contributed by atoms with Crippen LogP contribution in [-0.2, 0) is 6.42 Å². The fraction of sp³-hybridized carbons (Fsp3) is 0.625. The summed E-state index contributed by atoms with van der Waals surface area (Å²) in [6.07, 6.45) is 2.57. The van der Waals surface area contributed by atoms with Crippen molar-refractivity contribution in [3.8, 4) is 0 Å². The summed E-state index contributed by atoms with van der Waals surface area (Å²) in [5.41, 5.74) is 4.57. The van der Waals surface area contributed by atoms with Gasteiger partial charge in [-0.15, -0.1) is 0 Å². The maximum absolute atomic E-state index is 3.68. The fourth-order valence-electron chi connectivity index (χ4n) is 3.20. The Labute approximate surface area is 106 Å². The van der Waals surface area contributed by atoms with Crippen molar-refractivity contribution in [1.82, 2.24) is 5.32 Å². The number of nitrogens with one attached hydrogen (secondary N) is 1. The van der Waals surface area contributed by atoms with E-state index in [0.29, 0.717) is 17.9 Å². The van der Waals surface area contributed by atoms with Gasteiger partial charge < -0.3 is 5.32 Å². The van der Waals surface area contributed by atoms with Gasteiger partial charge in [-0.05, 0) is 43.4 Å². The quantitative estimate of drug-likeness (QED) is 0.834. The fourth-order valence-corrected chi connectivity index (χ4v) is 3.20. The van der Waals surface area contributed by atoms with Gasteiger partial charge in [0, 0.05) is 12.0 Å². The minimum Gasteiger partial charge on any atom is -0.313 e. The highest BCUT2D eigenvalue weighted by Crippen LogP contribution is 2.38. The van der Waals surface area contributed by atoms with Crippen LogP contribution in [0.25, 0.3) is 0 Å². The molecule has 1 aliphatic rings. The zero-order valence-corrected chi connectivity index (χ0v) is 11.6. The smallest absolute Gasteiger partial charge is 0.0159 e. The zero-order valence-electron chi connectivity index (χ0n) is 11.6. The molecule has 0 saturated heterocycles. The summed E-state index contributed by atoms with van der Waals surface area (Å²) in [5, 5.41) is 3.68. The number of rotatable bonds is 4. The Hall–Kier alpha value is -0.820. The van der Waals surface area contributed by atoms with Crippen LogP contribution in [0.1, 0.15) is 49.8 Å². The molecule has 1 aromatic carbocycles. The van der Waals surface area contributed by atoms with E-state index in [9.17, 15) is 0 Å². The molecule has 0 aromatic heterocycles. The molecule has 1 aliphatic carbocycles. The van der Waals surface area contributed by atoms with Gasteiger partial charge in [0.2, 0.25) is 0 Å². The molecule has 17 heavy (non-hydrogen) atoms. The van der Waals surface area contributed by atoms with Gasteiger partial charge in [0.05, 0.1) is 0 Å². The highest BCUT2D eigenvalue weighted by Gasteiger charge is 2.30. The number of likely N-dealkylation sites (N-methyl/N-ethyl adjacent to an activating group) is 1. The molecule has 0 bridgehead atoms. The van der Waals surface area contributed by atoms with Crippen LogP contribution >= 0.6 is 0 Å². The first kappa shape index (κ1) is 12.6. The lowest BCUT2D eigenvalue weighted by Gasteiger charge is -2.29. The number of aryl methyl sites for hydroxylation is 2. The predicted octanol–water partition coefficient (Wildman–Crippen LogP) is 3.66. The molecule has 2 unspecified atom stereocenters. The molecular weight excluding hydrogens is 206 g/mol. The molecule has 0 heterocycles. The van der Waals surface area contributed by atoms with Gasteiger partial charge in [-0.2, -0.15) is 0 Å². The van der Waals surface area contributed by atoms with Crippen LogP contribution in [0, 0.1) is 12.8 Å². The van der Waals surface area contributed by atoms with Crippen LogP contribution in [0.2, 0.25) is 0 Å². The molecule has 1 aromatic rings. The summed E-state index contributed by atoms with van der Waals surface area (Å²) in [7, 11) is 0. The van der Waals surface area contributed by atoms with E-state index in [1.165, 1.54) is 18.4 Å². The van der Waals surface area contributed by atoms with E-state index in [4.69, 9.17) is 0 Å². The lowest BCUT2D eigenvalue weighted by atomic mass is 9.85. The van der Waals surface area contributed by atoms with Crippen molar-refractivity contribution in [2.24, 2.45) is 5.92 Å². The molecule has 1 nitrogen and oxygen atoms in total. The molecule has 0 aliphatic heterocycles. The summed E-state index contributed by atoms with van der Waals surface area (Å²) in [6.45, 7) is 10.2. The third-order valence-corrected chi connectivity index (χ3v) is 4.02. The Morgan fingerprint density at radius 3 is 2.76 bits per heavy atom. The Morgan fingerprint density at radius 2 is 2.12 bits per heavy atom. The number of fused-ring (bicyclic) bond motifs is 1. The summed E-state index contributed by atoms with van der Waals surface area (Å²) in [5.74, 6) is 1.41. The zero-order chi connectivity index (χ0) is 12.4. The van der Waals surface area contributed by atoms with E-state index in [-0.39, 0.29) is 0 Å². The van der Waals surface area contributed by atoms with Crippen LogP contribution in [0.3, 0.4) is 0 Å². The summed E-state index contributed by atoms with van der Waals surface area (Å²) >= 11 is 0. The van der Waals surface area contributed by atoms with E-state index >= 15 is 0 Å². The second-order valence-corrected chi connectivity index (χ2v) is 5.67. The van der Waals surface area contributed by atoms with Crippen LogP contribution in [0.4, 0.5) is 0 Å². The van der Waals surface area contributed by atoms with Gasteiger partial charge in [0.15, 0.2) is 0 Å². The van der Waals surface area contributed by atoms with Gasteiger partial charge in [-0.25, -0.2) is 0 Å². The second kappa shape index (κ2) is 5.22. The molecule has 1 N–H and O–H groups in total. The molecule has 2 rings (SSSR count). The first-order chi connectivity index (χ1) is 8.13. The molecule has 2 atom stereocenters. The van der Waals surface area contributed by atoms with Crippen molar-refractivity contribution in [1.29, 1.82) is 0 Å². The van der Waals surface area contributed by atoms with Crippen molar-refractivity contribution in [3.05, 3.63) is 34.9 Å². The molecule has 0 saturated carbocycles. The molecular formula is C16H25N. The minimum absolute atomic E-state index is 0.628. The lowest BCUT2D eigenvalue weighted by molar-refractivity contribution is 0.345. The molecule has 0 spiro atoms. The van der Waals surface area contributed by atoms with Crippen LogP contribution in [-0.4, -0.2) is 12.6 Å². The van der Waals surface area contributed by atoms with Crippen molar-refractivity contribution in [2.45, 2.75) is 52.5 Å². The molecule has 0 radical (unpaired) electrons. The third kappa shape index (κ3) is 2.55. The van der Waals surface area contributed by atoms with Gasteiger partial charge >= 0.3 is 0 Å². The van der Waals surface area contributed by atoms with E-state index in [1.807, 2.05) is 0 Å². The largest absolute Gasteiger partial charge is 0.313 e. The van der Waals surface area contributed by atoms with Crippen LogP contribution in [0.15, 0.2) is 18.2 Å². The first-order valence-corrected chi connectivity index (χ1v) is 6.96. The Bertz CT molecular complexity index is 381. The van der Waals surface area contributed by atoms with Gasteiger partial charge in [-0.1, -0.05) is 44.5 Å². The SMILES string of the molecule is CCNC(C(C)C)C1CCc2ccc(C)cc21. The highest BCUT2D eigenvalue weighted by atomic mass is 14.9. The average molecular weight is 231 g/mol.